The number of hydrogen-bond donors (Lipinski definition) is 1. The van der Waals surface area contributed by atoms with Gasteiger partial charge < -0.3 is 10.1 Å². The second kappa shape index (κ2) is 7.61. The van der Waals surface area contributed by atoms with Crippen LogP contribution in [0.15, 0.2) is 30.3 Å². The summed E-state index contributed by atoms with van der Waals surface area (Å²) in [6, 6.07) is 9.48. The van der Waals surface area contributed by atoms with E-state index < -0.39 is 16.1 Å². The van der Waals surface area contributed by atoms with Gasteiger partial charge in [0, 0.05) is 5.69 Å². The average molecular weight is 431 g/mol. The molecular weight excluding hydrogens is 400 g/mol. The Kier molecular flexibility index (Phi) is 5.62. The Morgan fingerprint density at radius 1 is 1.10 bits per heavy atom. The third-order valence-electron chi connectivity index (χ3n) is 5.31. The highest BCUT2D eigenvalue weighted by Crippen LogP contribution is 2.38. The fourth-order valence-corrected chi connectivity index (χ4v) is 4.66. The molecule has 2 aromatic rings. The van der Waals surface area contributed by atoms with Gasteiger partial charge in [-0.3, -0.25) is 9.10 Å². The van der Waals surface area contributed by atoms with E-state index in [2.05, 4.69) is 26.1 Å². The minimum absolute atomic E-state index is 0.0742. The fraction of sp³-hybridized carbons (Fsp3) is 0.435. The Labute approximate surface area is 179 Å². The molecule has 0 saturated carbocycles. The molecule has 0 bridgehead atoms. The van der Waals surface area contributed by atoms with E-state index in [0.29, 0.717) is 11.4 Å². The second-order valence-electron chi connectivity index (χ2n) is 9.10. The first-order chi connectivity index (χ1) is 13.8. The minimum atomic E-state index is -3.59. The van der Waals surface area contributed by atoms with Crippen LogP contribution in [0.5, 0.6) is 5.75 Å². The van der Waals surface area contributed by atoms with Crippen LogP contribution in [0.25, 0.3) is 0 Å². The molecule has 7 heteroatoms. The minimum Gasteiger partial charge on any atom is -0.476 e. The summed E-state index contributed by atoms with van der Waals surface area (Å²) in [6.45, 7) is 12.0. The van der Waals surface area contributed by atoms with Gasteiger partial charge in [-0.15, -0.1) is 0 Å². The zero-order chi connectivity index (χ0) is 22.4. The zero-order valence-corrected chi connectivity index (χ0v) is 19.5. The van der Waals surface area contributed by atoms with Crippen molar-refractivity contribution in [2.45, 2.75) is 53.1 Å². The van der Waals surface area contributed by atoms with Crippen molar-refractivity contribution in [2.24, 2.45) is 0 Å². The van der Waals surface area contributed by atoms with Gasteiger partial charge in [-0.05, 0) is 55.0 Å². The maximum Gasteiger partial charge on any atom is 0.267 e. The molecule has 1 atom stereocenters. The summed E-state index contributed by atoms with van der Waals surface area (Å²) in [6.07, 6.45) is 0.197. The van der Waals surface area contributed by atoms with Gasteiger partial charge in [-0.2, -0.15) is 0 Å². The number of rotatable bonds is 3. The average Bonchev–Trinajstić information content (AvgIpc) is 2.61. The number of sulfonamides is 1. The van der Waals surface area contributed by atoms with Crippen molar-refractivity contribution in [1.82, 2.24) is 0 Å². The number of nitrogens with one attached hydrogen (secondary N) is 1. The highest BCUT2D eigenvalue weighted by Gasteiger charge is 2.36. The molecule has 2 aromatic carbocycles. The van der Waals surface area contributed by atoms with Crippen molar-refractivity contribution in [1.29, 1.82) is 0 Å². The molecule has 30 heavy (non-hydrogen) atoms. The van der Waals surface area contributed by atoms with Crippen LogP contribution in [0.3, 0.4) is 0 Å². The van der Waals surface area contributed by atoms with Crippen LogP contribution >= 0.6 is 0 Å². The summed E-state index contributed by atoms with van der Waals surface area (Å²) in [4.78, 5) is 13.0. The van der Waals surface area contributed by atoms with Gasteiger partial charge in [0.05, 0.1) is 18.5 Å². The molecule has 1 heterocycles. The topological polar surface area (TPSA) is 75.7 Å². The molecule has 162 valence electrons. The molecular formula is C23H30N2O4S. The van der Waals surface area contributed by atoms with Gasteiger partial charge in [-0.1, -0.05) is 44.5 Å². The number of hydrogen-bond acceptors (Lipinski definition) is 4. The highest BCUT2D eigenvalue weighted by atomic mass is 32.2. The van der Waals surface area contributed by atoms with Gasteiger partial charge in [0.25, 0.3) is 5.91 Å². The van der Waals surface area contributed by atoms with Crippen molar-refractivity contribution >= 4 is 27.3 Å². The lowest BCUT2D eigenvalue weighted by Crippen LogP contribution is -2.48. The first-order valence-corrected chi connectivity index (χ1v) is 11.8. The van der Waals surface area contributed by atoms with Gasteiger partial charge >= 0.3 is 0 Å². The third kappa shape index (κ3) is 4.46. The van der Waals surface area contributed by atoms with Gasteiger partial charge in [0.15, 0.2) is 6.10 Å². The molecule has 0 saturated heterocycles. The van der Waals surface area contributed by atoms with Crippen molar-refractivity contribution in [3.63, 3.8) is 0 Å². The SMILES string of the molecule is Cc1cc(C)c(NC(=O)C2CN(S(C)(=O)=O)c3cc(C(C)(C)C)ccc3O2)c(C)c1. The molecule has 1 unspecified atom stereocenters. The Hall–Kier alpha value is -2.54. The van der Waals surface area contributed by atoms with E-state index in [0.717, 1.165) is 34.2 Å². The van der Waals surface area contributed by atoms with Crippen LogP contribution < -0.4 is 14.4 Å². The smallest absolute Gasteiger partial charge is 0.267 e. The quantitative estimate of drug-likeness (QED) is 0.796. The van der Waals surface area contributed by atoms with E-state index in [1.807, 2.05) is 45.0 Å². The van der Waals surface area contributed by atoms with Crippen molar-refractivity contribution in [2.75, 3.05) is 22.4 Å². The molecule has 1 amide bonds. The lowest BCUT2D eigenvalue weighted by molar-refractivity contribution is -0.122. The summed E-state index contributed by atoms with van der Waals surface area (Å²) >= 11 is 0. The van der Waals surface area contributed by atoms with Crippen LogP contribution in [-0.2, 0) is 20.2 Å². The van der Waals surface area contributed by atoms with E-state index in [1.165, 1.54) is 4.31 Å². The molecule has 3 rings (SSSR count). The predicted molar refractivity (Wildman–Crippen MR) is 121 cm³/mol. The van der Waals surface area contributed by atoms with Gasteiger partial charge in [-0.25, -0.2) is 8.42 Å². The number of carbonyl (C=O) groups is 1. The summed E-state index contributed by atoms with van der Waals surface area (Å²) in [7, 11) is -3.59. The molecule has 0 aliphatic carbocycles. The van der Waals surface area contributed by atoms with Crippen LogP contribution in [0.2, 0.25) is 0 Å². The first kappa shape index (κ1) is 22.2. The highest BCUT2D eigenvalue weighted by molar-refractivity contribution is 7.92. The number of amides is 1. The maximum atomic E-state index is 13.0. The number of anilines is 2. The first-order valence-electron chi connectivity index (χ1n) is 9.95. The number of ether oxygens (including phenoxy) is 1. The monoisotopic (exact) mass is 430 g/mol. The predicted octanol–water partition coefficient (Wildman–Crippen LogP) is 4.08. The Bertz CT molecular complexity index is 1080. The van der Waals surface area contributed by atoms with E-state index >= 15 is 0 Å². The molecule has 1 aliphatic heterocycles. The maximum absolute atomic E-state index is 13.0. The Morgan fingerprint density at radius 2 is 1.70 bits per heavy atom. The van der Waals surface area contributed by atoms with E-state index in [-0.39, 0.29) is 17.9 Å². The zero-order valence-electron chi connectivity index (χ0n) is 18.7. The number of nitrogens with zero attached hydrogens (tertiary/aromatic N) is 1. The molecule has 0 fully saturated rings. The third-order valence-corrected chi connectivity index (χ3v) is 6.46. The van der Waals surface area contributed by atoms with Crippen molar-refractivity contribution in [3.8, 4) is 5.75 Å². The van der Waals surface area contributed by atoms with Crippen molar-refractivity contribution in [3.05, 3.63) is 52.6 Å². The standard InChI is InChI=1S/C23H30N2O4S/c1-14-10-15(2)21(16(3)11-14)24-22(26)20-13-25(30(7,27)28)18-12-17(23(4,5)6)8-9-19(18)29-20/h8-12,20H,13H2,1-7H3,(H,24,26). The number of carbonyl (C=O) groups excluding carboxylic acids is 1. The van der Waals surface area contributed by atoms with E-state index in [1.54, 1.807) is 6.07 Å². The van der Waals surface area contributed by atoms with Crippen LogP contribution in [0, 0.1) is 20.8 Å². The lowest BCUT2D eigenvalue weighted by Gasteiger charge is -2.35. The number of fused-ring (bicyclic) bond motifs is 1. The molecule has 0 spiro atoms. The van der Waals surface area contributed by atoms with Gasteiger partial charge in [0.1, 0.15) is 5.75 Å². The fourth-order valence-electron chi connectivity index (χ4n) is 3.75. The molecule has 1 aliphatic rings. The Balaban J connectivity index is 1.95. The lowest BCUT2D eigenvalue weighted by atomic mass is 9.86. The van der Waals surface area contributed by atoms with Crippen molar-refractivity contribution < 1.29 is 17.9 Å². The summed E-state index contributed by atoms with van der Waals surface area (Å²) < 4.78 is 32.3. The molecule has 0 aromatic heterocycles. The normalized spacial score (nSPS) is 16.6. The summed E-state index contributed by atoms with van der Waals surface area (Å²) in [5.41, 5.74) is 5.06. The van der Waals surface area contributed by atoms with Gasteiger partial charge in [0.2, 0.25) is 10.0 Å². The number of benzene rings is 2. The van der Waals surface area contributed by atoms with E-state index in [4.69, 9.17) is 4.74 Å². The largest absolute Gasteiger partial charge is 0.476 e. The van der Waals surface area contributed by atoms with E-state index in [9.17, 15) is 13.2 Å². The molecule has 1 N–H and O–H groups in total. The second-order valence-corrected chi connectivity index (χ2v) is 11.0. The van der Waals surface area contributed by atoms with Crippen LogP contribution in [0.1, 0.15) is 43.0 Å². The summed E-state index contributed by atoms with van der Waals surface area (Å²) in [5, 5.41) is 2.93. The van der Waals surface area contributed by atoms with Crippen LogP contribution in [-0.4, -0.2) is 33.2 Å². The van der Waals surface area contributed by atoms with Crippen LogP contribution in [0.4, 0.5) is 11.4 Å². The molecule has 0 radical (unpaired) electrons. The Morgan fingerprint density at radius 3 is 2.23 bits per heavy atom. The number of aryl methyl sites for hydroxylation is 3. The summed E-state index contributed by atoms with van der Waals surface area (Å²) in [5.74, 6) is 0.0152. The molecule has 6 nitrogen and oxygen atoms in total.